The van der Waals surface area contributed by atoms with Crippen LogP contribution in [0.1, 0.15) is 45.5 Å². The Balaban J connectivity index is 1.16. The summed E-state index contributed by atoms with van der Waals surface area (Å²) in [6.07, 6.45) is -0.534. The predicted octanol–water partition coefficient (Wildman–Crippen LogP) is 4.30. The van der Waals surface area contributed by atoms with E-state index in [0.29, 0.717) is 28.3 Å². The van der Waals surface area contributed by atoms with Crippen LogP contribution in [0.4, 0.5) is 4.79 Å². The first-order chi connectivity index (χ1) is 17.1. The number of fused-ring (bicyclic) bond motifs is 4. The predicted molar refractivity (Wildman–Crippen MR) is 132 cm³/mol. The van der Waals surface area contributed by atoms with Gasteiger partial charge in [-0.1, -0.05) is 60.7 Å². The first-order valence-corrected chi connectivity index (χ1v) is 11.6. The quantitative estimate of drug-likeness (QED) is 0.287. The number of H-pyrrole nitrogens is 1. The number of benzene rings is 3. The SMILES string of the molecule is O=Cc1c[nH]c2cccc(C(O)C(O)CCNC(=O)OCC3c4ccccc4-c4ccccc43)c12. The van der Waals surface area contributed by atoms with Crippen LogP contribution in [0.2, 0.25) is 0 Å². The molecule has 1 amide bonds. The zero-order valence-electron chi connectivity index (χ0n) is 19.0. The lowest BCUT2D eigenvalue weighted by Crippen LogP contribution is -2.30. The van der Waals surface area contributed by atoms with Crippen molar-refractivity contribution in [3.05, 3.63) is 95.2 Å². The Labute approximate surface area is 202 Å². The van der Waals surface area contributed by atoms with Crippen molar-refractivity contribution in [3.8, 4) is 11.1 Å². The van der Waals surface area contributed by atoms with Gasteiger partial charge in [-0.2, -0.15) is 0 Å². The van der Waals surface area contributed by atoms with Crippen molar-refractivity contribution in [1.82, 2.24) is 10.3 Å². The molecule has 0 saturated heterocycles. The molecule has 0 aliphatic heterocycles. The summed E-state index contributed by atoms with van der Waals surface area (Å²) < 4.78 is 5.51. The summed E-state index contributed by atoms with van der Waals surface area (Å²) in [5, 5.41) is 24.5. The summed E-state index contributed by atoms with van der Waals surface area (Å²) in [5.41, 5.74) is 6.15. The largest absolute Gasteiger partial charge is 0.449 e. The molecule has 0 saturated carbocycles. The van der Waals surface area contributed by atoms with Crippen LogP contribution in [0.15, 0.2) is 72.9 Å². The van der Waals surface area contributed by atoms with E-state index in [2.05, 4.69) is 34.6 Å². The van der Waals surface area contributed by atoms with E-state index in [1.54, 1.807) is 24.4 Å². The van der Waals surface area contributed by atoms with Gasteiger partial charge in [0.25, 0.3) is 0 Å². The molecule has 1 heterocycles. The van der Waals surface area contributed by atoms with Gasteiger partial charge in [0.15, 0.2) is 6.29 Å². The van der Waals surface area contributed by atoms with E-state index in [4.69, 9.17) is 4.74 Å². The summed E-state index contributed by atoms with van der Waals surface area (Å²) in [6, 6.07) is 21.4. The Morgan fingerprint density at radius 1 is 1.00 bits per heavy atom. The van der Waals surface area contributed by atoms with Crippen LogP contribution < -0.4 is 5.32 Å². The van der Waals surface area contributed by atoms with Crippen LogP contribution in [-0.4, -0.2) is 46.8 Å². The Hall–Kier alpha value is -3.94. The molecule has 1 aliphatic rings. The fraction of sp³-hybridized carbons (Fsp3) is 0.214. The zero-order valence-corrected chi connectivity index (χ0v) is 19.0. The standard InChI is InChI=1S/C28H26N2O5/c31-15-17-14-30-24-11-5-10-22(26(17)24)27(33)25(32)12-13-29-28(34)35-16-23-20-8-3-1-6-18(20)19-7-2-4-9-21(19)23/h1-11,14-15,23,25,27,30,32-33H,12-13,16H2,(H,29,34). The number of hydrogen-bond acceptors (Lipinski definition) is 5. The van der Waals surface area contributed by atoms with Crippen molar-refractivity contribution in [2.45, 2.75) is 24.5 Å². The first kappa shape index (κ1) is 22.8. The second-order valence-corrected chi connectivity index (χ2v) is 8.68. The van der Waals surface area contributed by atoms with E-state index < -0.39 is 18.3 Å². The molecule has 0 fully saturated rings. The molecule has 2 atom stereocenters. The number of carbonyl (C=O) groups excluding carboxylic acids is 2. The zero-order chi connectivity index (χ0) is 24.4. The number of hydrogen-bond donors (Lipinski definition) is 4. The number of aliphatic hydroxyl groups is 2. The summed E-state index contributed by atoms with van der Waals surface area (Å²) >= 11 is 0. The smallest absolute Gasteiger partial charge is 0.407 e. The average molecular weight is 471 g/mol. The lowest BCUT2D eigenvalue weighted by molar-refractivity contribution is 0.0145. The number of ether oxygens (including phenoxy) is 1. The molecule has 5 rings (SSSR count). The molecule has 3 aromatic carbocycles. The van der Waals surface area contributed by atoms with Crippen LogP contribution >= 0.6 is 0 Å². The molecule has 178 valence electrons. The third kappa shape index (κ3) is 4.32. The number of alkyl carbamates (subject to hydrolysis) is 1. The van der Waals surface area contributed by atoms with Gasteiger partial charge in [-0.25, -0.2) is 4.79 Å². The van der Waals surface area contributed by atoms with Crippen LogP contribution in [-0.2, 0) is 4.74 Å². The van der Waals surface area contributed by atoms with Gasteiger partial charge in [0, 0.05) is 35.1 Å². The lowest BCUT2D eigenvalue weighted by Gasteiger charge is -2.20. The molecule has 7 nitrogen and oxygen atoms in total. The molecule has 35 heavy (non-hydrogen) atoms. The van der Waals surface area contributed by atoms with E-state index in [1.807, 2.05) is 24.3 Å². The summed E-state index contributed by atoms with van der Waals surface area (Å²) in [4.78, 5) is 26.7. The number of aromatic nitrogens is 1. The number of amides is 1. The lowest BCUT2D eigenvalue weighted by atomic mass is 9.97. The van der Waals surface area contributed by atoms with Crippen LogP contribution in [0.5, 0.6) is 0 Å². The van der Waals surface area contributed by atoms with Crippen molar-refractivity contribution < 1.29 is 24.5 Å². The number of rotatable bonds is 8. The molecule has 7 heteroatoms. The minimum absolute atomic E-state index is 0.0329. The molecule has 4 N–H and O–H groups in total. The Morgan fingerprint density at radius 2 is 1.69 bits per heavy atom. The van der Waals surface area contributed by atoms with Crippen molar-refractivity contribution in [2.24, 2.45) is 0 Å². The highest BCUT2D eigenvalue weighted by molar-refractivity contribution is 5.99. The van der Waals surface area contributed by atoms with Crippen molar-refractivity contribution >= 4 is 23.3 Å². The summed E-state index contributed by atoms with van der Waals surface area (Å²) in [5.74, 6) is -0.0329. The second kappa shape index (κ2) is 9.74. The van der Waals surface area contributed by atoms with E-state index >= 15 is 0 Å². The normalized spacial score (nSPS) is 14.2. The minimum atomic E-state index is -1.21. The van der Waals surface area contributed by atoms with Gasteiger partial charge >= 0.3 is 6.09 Å². The fourth-order valence-corrected chi connectivity index (χ4v) is 4.92. The van der Waals surface area contributed by atoms with Gasteiger partial charge in [-0.15, -0.1) is 0 Å². The topological polar surface area (TPSA) is 112 Å². The highest BCUT2D eigenvalue weighted by Crippen LogP contribution is 2.44. The van der Waals surface area contributed by atoms with Crippen molar-refractivity contribution in [3.63, 3.8) is 0 Å². The van der Waals surface area contributed by atoms with Gasteiger partial charge in [-0.05, 0) is 40.3 Å². The highest BCUT2D eigenvalue weighted by atomic mass is 16.5. The van der Waals surface area contributed by atoms with Crippen LogP contribution in [0.3, 0.4) is 0 Å². The maximum Gasteiger partial charge on any atom is 0.407 e. The van der Waals surface area contributed by atoms with Crippen molar-refractivity contribution in [2.75, 3.05) is 13.2 Å². The maximum atomic E-state index is 12.3. The Bertz CT molecular complexity index is 1330. The Kier molecular flexibility index (Phi) is 6.35. The molecule has 0 spiro atoms. The third-order valence-corrected chi connectivity index (χ3v) is 6.63. The molecular formula is C28H26N2O5. The van der Waals surface area contributed by atoms with Crippen LogP contribution in [0, 0.1) is 0 Å². The van der Waals surface area contributed by atoms with Gasteiger partial charge in [0.2, 0.25) is 0 Å². The van der Waals surface area contributed by atoms with E-state index in [1.165, 1.54) is 0 Å². The van der Waals surface area contributed by atoms with E-state index in [-0.39, 0.29) is 25.5 Å². The average Bonchev–Trinajstić information content (AvgIpc) is 3.46. The van der Waals surface area contributed by atoms with E-state index in [9.17, 15) is 19.8 Å². The first-order valence-electron chi connectivity index (χ1n) is 11.6. The third-order valence-electron chi connectivity index (χ3n) is 6.63. The van der Waals surface area contributed by atoms with Gasteiger partial charge in [0.05, 0.1) is 6.10 Å². The van der Waals surface area contributed by atoms with E-state index in [0.717, 1.165) is 22.3 Å². The molecule has 1 aromatic heterocycles. The number of nitrogens with one attached hydrogen (secondary N) is 2. The minimum Gasteiger partial charge on any atom is -0.449 e. The fourth-order valence-electron chi connectivity index (χ4n) is 4.92. The Morgan fingerprint density at radius 3 is 2.37 bits per heavy atom. The number of aromatic amines is 1. The number of carbonyl (C=O) groups is 2. The van der Waals surface area contributed by atoms with Gasteiger partial charge in [0.1, 0.15) is 12.7 Å². The van der Waals surface area contributed by atoms with Crippen molar-refractivity contribution in [1.29, 1.82) is 0 Å². The second-order valence-electron chi connectivity index (χ2n) is 8.68. The molecule has 4 aromatic rings. The summed E-state index contributed by atoms with van der Waals surface area (Å²) in [7, 11) is 0. The number of aldehydes is 1. The summed E-state index contributed by atoms with van der Waals surface area (Å²) in [6.45, 7) is 0.327. The molecule has 0 radical (unpaired) electrons. The van der Waals surface area contributed by atoms with Crippen LogP contribution in [0.25, 0.3) is 22.0 Å². The monoisotopic (exact) mass is 470 g/mol. The van der Waals surface area contributed by atoms with Gasteiger partial charge < -0.3 is 25.3 Å². The van der Waals surface area contributed by atoms with Gasteiger partial charge in [-0.3, -0.25) is 4.79 Å². The highest BCUT2D eigenvalue weighted by Gasteiger charge is 2.29. The maximum absolute atomic E-state index is 12.3. The molecule has 2 unspecified atom stereocenters. The molecule has 1 aliphatic carbocycles. The molecule has 0 bridgehead atoms. The number of aliphatic hydroxyl groups excluding tert-OH is 2. The molecular weight excluding hydrogens is 444 g/mol.